The van der Waals surface area contributed by atoms with E-state index in [2.05, 4.69) is 4.98 Å². The number of fused-ring (bicyclic) bond motifs is 1. The Labute approximate surface area is 222 Å². The maximum atomic E-state index is 14.4. The molecule has 0 aromatic carbocycles. The van der Waals surface area contributed by atoms with Crippen molar-refractivity contribution in [3.8, 4) is 0 Å². The van der Waals surface area contributed by atoms with Gasteiger partial charge in [0.15, 0.2) is 0 Å². The largest absolute Gasteiger partial charge is 0.449 e. The Bertz CT molecular complexity index is 1280. The van der Waals surface area contributed by atoms with Gasteiger partial charge in [0.05, 0.1) is 29.6 Å². The molecule has 0 fully saturated rings. The lowest BCUT2D eigenvalue weighted by atomic mass is 9.89. The van der Waals surface area contributed by atoms with Gasteiger partial charge in [-0.1, -0.05) is 13.0 Å². The number of allylic oxidation sites excluding steroid dienone is 9. The minimum Gasteiger partial charge on any atom is -0.335 e. The Morgan fingerprint density at radius 1 is 1.15 bits per heavy atom. The van der Waals surface area contributed by atoms with Crippen molar-refractivity contribution in [2.75, 3.05) is 6.54 Å². The molecule has 0 bridgehead atoms. The van der Waals surface area contributed by atoms with Crippen LogP contribution in [0.4, 0.5) is 26.3 Å². The molecule has 0 spiro atoms. The zero-order valence-corrected chi connectivity index (χ0v) is 21.8. The summed E-state index contributed by atoms with van der Waals surface area (Å²) < 4.78 is 83.4. The van der Waals surface area contributed by atoms with E-state index in [0.717, 1.165) is 24.5 Å². The lowest BCUT2D eigenvalue weighted by Crippen LogP contribution is -2.41. The quantitative estimate of drug-likeness (QED) is 0.247. The monoisotopic (exact) mass is 556 g/mol. The van der Waals surface area contributed by atoms with Crippen LogP contribution in [0.25, 0.3) is 5.57 Å². The number of hydrogen-bond donors (Lipinski definition) is 1. The molecular formula is C27H30F6N4O2. The van der Waals surface area contributed by atoms with Crippen LogP contribution in [0.3, 0.4) is 0 Å². The van der Waals surface area contributed by atoms with Crippen molar-refractivity contribution in [3.05, 3.63) is 70.1 Å². The molecule has 1 amide bonds. The van der Waals surface area contributed by atoms with E-state index >= 15 is 0 Å². The summed E-state index contributed by atoms with van der Waals surface area (Å²) >= 11 is 0. The van der Waals surface area contributed by atoms with Crippen molar-refractivity contribution in [2.24, 2.45) is 11.7 Å². The highest BCUT2D eigenvalue weighted by molar-refractivity contribution is 5.85. The minimum atomic E-state index is -4.73. The van der Waals surface area contributed by atoms with E-state index in [9.17, 15) is 35.9 Å². The van der Waals surface area contributed by atoms with E-state index in [-0.39, 0.29) is 55.4 Å². The normalized spacial score (nSPS) is 20.2. The van der Waals surface area contributed by atoms with Crippen LogP contribution in [0.2, 0.25) is 0 Å². The Morgan fingerprint density at radius 2 is 1.82 bits per heavy atom. The van der Waals surface area contributed by atoms with Gasteiger partial charge in [0.1, 0.15) is 12.1 Å². The fourth-order valence-corrected chi connectivity index (χ4v) is 4.78. The van der Waals surface area contributed by atoms with Gasteiger partial charge in [-0.2, -0.15) is 13.2 Å². The topological polar surface area (TPSA) is 81.2 Å². The van der Waals surface area contributed by atoms with Crippen LogP contribution in [0, 0.1) is 5.92 Å². The molecule has 1 aromatic heterocycles. The summed E-state index contributed by atoms with van der Waals surface area (Å²) in [5.41, 5.74) is 6.88. The van der Waals surface area contributed by atoms with Gasteiger partial charge in [-0.15, -0.1) is 0 Å². The standard InChI is InChI=1S/C27H30F6N4O2/c1-15-6-18(14-38)10-20(7-15)25-23-13-36(4-5-37(23)26(35-25)27(31,32)33)24(39)12-21(34)11-19(8-16(2)28)22(30)9-17(3)29/h6,8-10,14-15,21H,4-5,7,11-13,34H2,1-3H3/b16-8+,17-9+,22-19-. The highest BCUT2D eigenvalue weighted by atomic mass is 19.4. The summed E-state index contributed by atoms with van der Waals surface area (Å²) in [6.07, 6.45) is 0.353. The predicted octanol–water partition coefficient (Wildman–Crippen LogP) is 5.87. The predicted molar refractivity (Wildman–Crippen MR) is 134 cm³/mol. The lowest BCUT2D eigenvalue weighted by molar-refractivity contribution is -0.148. The van der Waals surface area contributed by atoms with Crippen LogP contribution < -0.4 is 5.73 Å². The summed E-state index contributed by atoms with van der Waals surface area (Å²) in [6.45, 7) is 3.54. The van der Waals surface area contributed by atoms with Crippen molar-refractivity contribution >= 4 is 17.8 Å². The molecular weight excluding hydrogens is 526 g/mol. The highest BCUT2D eigenvalue weighted by Gasteiger charge is 2.41. The van der Waals surface area contributed by atoms with Gasteiger partial charge in [-0.05, 0) is 55.9 Å². The second kappa shape index (κ2) is 12.2. The molecule has 2 unspecified atom stereocenters. The molecule has 1 aromatic rings. The average Bonchev–Trinajstić information content (AvgIpc) is 3.22. The first kappa shape index (κ1) is 30.1. The summed E-state index contributed by atoms with van der Waals surface area (Å²) in [5.74, 6) is -4.28. The van der Waals surface area contributed by atoms with Crippen LogP contribution in [0.15, 0.2) is 52.9 Å². The number of aldehydes is 1. The third-order valence-electron chi connectivity index (χ3n) is 6.34. The van der Waals surface area contributed by atoms with E-state index in [4.69, 9.17) is 5.73 Å². The molecule has 0 saturated carbocycles. The molecule has 2 aliphatic rings. The number of aromatic nitrogens is 2. The van der Waals surface area contributed by atoms with Crippen molar-refractivity contribution < 1.29 is 35.9 Å². The third kappa shape index (κ3) is 7.59. The van der Waals surface area contributed by atoms with Gasteiger partial charge in [0, 0.05) is 37.2 Å². The van der Waals surface area contributed by atoms with Crippen LogP contribution in [0.1, 0.15) is 57.2 Å². The second-order valence-corrected chi connectivity index (χ2v) is 9.83. The number of carbonyl (C=O) groups is 2. The van der Waals surface area contributed by atoms with Gasteiger partial charge in [0.25, 0.3) is 0 Å². The first-order valence-corrected chi connectivity index (χ1v) is 12.3. The van der Waals surface area contributed by atoms with E-state index in [1.54, 1.807) is 6.08 Å². The molecule has 12 heteroatoms. The number of nitrogens with two attached hydrogens (primary N) is 1. The van der Waals surface area contributed by atoms with Crippen molar-refractivity contribution in [3.63, 3.8) is 0 Å². The number of halogens is 6. The Kier molecular flexibility index (Phi) is 9.42. The lowest BCUT2D eigenvalue weighted by Gasteiger charge is -2.31. The van der Waals surface area contributed by atoms with E-state index < -0.39 is 41.4 Å². The molecule has 0 radical (unpaired) electrons. The van der Waals surface area contributed by atoms with Gasteiger partial charge < -0.3 is 15.2 Å². The smallest absolute Gasteiger partial charge is 0.335 e. The molecule has 3 rings (SSSR count). The molecule has 1 aliphatic carbocycles. The molecule has 2 atom stereocenters. The molecule has 212 valence electrons. The van der Waals surface area contributed by atoms with Crippen LogP contribution >= 0.6 is 0 Å². The van der Waals surface area contributed by atoms with Gasteiger partial charge >= 0.3 is 6.18 Å². The SMILES string of the molecule is C\C(F)=C/C(F)=C(\C=C(/C)F)CC(N)CC(=O)N1CCn2c(C(F)(F)F)nc(C3=CC(C=O)=CC(C)C3)c2C1. The Hall–Kier alpha value is -3.41. The number of amides is 1. The van der Waals surface area contributed by atoms with E-state index in [0.29, 0.717) is 29.9 Å². The molecule has 2 heterocycles. The number of carbonyl (C=O) groups excluding carboxylic acids is 2. The van der Waals surface area contributed by atoms with Crippen LogP contribution in [-0.2, 0) is 28.9 Å². The summed E-state index contributed by atoms with van der Waals surface area (Å²) in [4.78, 5) is 29.6. The zero-order chi connectivity index (χ0) is 29.1. The zero-order valence-electron chi connectivity index (χ0n) is 21.8. The molecule has 2 N–H and O–H groups in total. The molecule has 0 saturated heterocycles. The summed E-state index contributed by atoms with van der Waals surface area (Å²) in [7, 11) is 0. The van der Waals surface area contributed by atoms with Gasteiger partial charge in [0.2, 0.25) is 11.7 Å². The Balaban J connectivity index is 1.86. The maximum Gasteiger partial charge on any atom is 0.449 e. The first-order valence-electron chi connectivity index (χ1n) is 12.3. The van der Waals surface area contributed by atoms with Crippen molar-refractivity contribution in [2.45, 2.75) is 65.3 Å². The number of imidazole rings is 1. The number of nitrogens with zero attached hydrogens (tertiary/aromatic N) is 3. The third-order valence-corrected chi connectivity index (χ3v) is 6.34. The Morgan fingerprint density at radius 3 is 2.41 bits per heavy atom. The minimum absolute atomic E-state index is 0.0449. The molecule has 6 nitrogen and oxygen atoms in total. The number of alkyl halides is 3. The average molecular weight is 557 g/mol. The second-order valence-electron chi connectivity index (χ2n) is 9.83. The fraction of sp³-hybridized carbons (Fsp3) is 0.444. The summed E-state index contributed by atoms with van der Waals surface area (Å²) in [5, 5.41) is 0. The fourth-order valence-electron chi connectivity index (χ4n) is 4.78. The van der Waals surface area contributed by atoms with Crippen molar-refractivity contribution in [1.29, 1.82) is 0 Å². The van der Waals surface area contributed by atoms with Crippen LogP contribution in [-0.4, -0.2) is 39.2 Å². The van der Waals surface area contributed by atoms with Crippen LogP contribution in [0.5, 0.6) is 0 Å². The highest BCUT2D eigenvalue weighted by Crippen LogP contribution is 2.37. The van der Waals surface area contributed by atoms with Crippen molar-refractivity contribution in [1.82, 2.24) is 14.5 Å². The van der Waals surface area contributed by atoms with Gasteiger partial charge in [-0.3, -0.25) is 9.59 Å². The molecule has 1 aliphatic heterocycles. The maximum absolute atomic E-state index is 14.4. The molecule has 39 heavy (non-hydrogen) atoms. The number of hydrogen-bond acceptors (Lipinski definition) is 4. The number of rotatable bonds is 8. The van der Waals surface area contributed by atoms with E-state index in [1.807, 2.05) is 6.92 Å². The first-order chi connectivity index (χ1) is 18.2. The van der Waals surface area contributed by atoms with Gasteiger partial charge in [-0.25, -0.2) is 18.2 Å². The summed E-state index contributed by atoms with van der Waals surface area (Å²) in [6, 6.07) is -0.971. The van der Waals surface area contributed by atoms with E-state index in [1.165, 1.54) is 11.0 Å².